The van der Waals surface area contributed by atoms with Gasteiger partial charge in [0.15, 0.2) is 6.61 Å². The molecule has 5 heteroatoms. The van der Waals surface area contributed by atoms with Crippen LogP contribution in [-0.4, -0.2) is 38.7 Å². The number of likely N-dealkylation sites (N-methyl/N-ethyl adjacent to an activating group) is 1. The number of rotatable bonds is 5. The monoisotopic (exact) mass is 235 g/mol. The van der Waals surface area contributed by atoms with Crippen molar-refractivity contribution >= 4 is 11.6 Å². The zero-order valence-electron chi connectivity index (χ0n) is 9.82. The maximum Gasteiger partial charge on any atom is 0.257 e. The Labute approximate surface area is 101 Å². The van der Waals surface area contributed by atoms with Crippen LogP contribution in [0.15, 0.2) is 24.3 Å². The van der Waals surface area contributed by atoms with Crippen LogP contribution in [0.3, 0.4) is 0 Å². The first kappa shape index (κ1) is 11.7. The average molecular weight is 235 g/mol. The average Bonchev–Trinajstić information content (AvgIpc) is 2.31. The molecule has 3 N–H and O–H groups in total. The highest BCUT2D eigenvalue weighted by atomic mass is 16.5. The lowest BCUT2D eigenvalue weighted by atomic mass is 10.1. The summed E-state index contributed by atoms with van der Waals surface area (Å²) in [7, 11) is 1.59. The Kier molecular flexibility index (Phi) is 3.82. The first-order valence-electron chi connectivity index (χ1n) is 5.68. The lowest BCUT2D eigenvalue weighted by Gasteiger charge is -2.29. The fourth-order valence-electron chi connectivity index (χ4n) is 1.52. The molecule has 0 radical (unpaired) electrons. The summed E-state index contributed by atoms with van der Waals surface area (Å²) < 4.78 is 5.36. The highest BCUT2D eigenvalue weighted by Crippen LogP contribution is 2.18. The van der Waals surface area contributed by atoms with E-state index in [9.17, 15) is 4.79 Å². The fourth-order valence-corrected chi connectivity index (χ4v) is 1.52. The molecule has 1 aromatic carbocycles. The maximum absolute atomic E-state index is 11.0. The number of carbonyl (C=O) groups is 1. The van der Waals surface area contributed by atoms with Crippen molar-refractivity contribution in [3.05, 3.63) is 24.3 Å². The van der Waals surface area contributed by atoms with E-state index in [1.54, 1.807) is 7.05 Å². The molecule has 17 heavy (non-hydrogen) atoms. The minimum atomic E-state index is -0.133. The molecule has 1 aliphatic rings. The zero-order valence-corrected chi connectivity index (χ0v) is 9.82. The summed E-state index contributed by atoms with van der Waals surface area (Å²) in [5, 5.41) is 9.09. The van der Waals surface area contributed by atoms with Gasteiger partial charge in [-0.05, 0) is 12.1 Å². The van der Waals surface area contributed by atoms with E-state index in [2.05, 4.69) is 16.0 Å². The van der Waals surface area contributed by atoms with Crippen LogP contribution in [-0.2, 0) is 4.79 Å². The molecule has 1 saturated heterocycles. The van der Waals surface area contributed by atoms with Gasteiger partial charge in [0.05, 0.1) is 6.04 Å². The van der Waals surface area contributed by atoms with E-state index in [-0.39, 0.29) is 12.5 Å². The van der Waals surface area contributed by atoms with Crippen LogP contribution in [0, 0.1) is 0 Å². The first-order valence-corrected chi connectivity index (χ1v) is 5.68. The first-order chi connectivity index (χ1) is 8.28. The zero-order chi connectivity index (χ0) is 12.1. The molecular weight excluding hydrogens is 218 g/mol. The lowest BCUT2D eigenvalue weighted by molar-refractivity contribution is -0.122. The van der Waals surface area contributed by atoms with E-state index in [4.69, 9.17) is 4.74 Å². The number of benzene rings is 1. The van der Waals surface area contributed by atoms with E-state index in [1.807, 2.05) is 24.3 Å². The Morgan fingerprint density at radius 1 is 1.53 bits per heavy atom. The SMILES string of the molecule is CNC(=O)COc1cccc(NC2CNC2)c1. The molecule has 0 atom stereocenters. The minimum absolute atomic E-state index is 0.0466. The summed E-state index contributed by atoms with van der Waals surface area (Å²) >= 11 is 0. The van der Waals surface area contributed by atoms with Crippen LogP contribution in [0.25, 0.3) is 0 Å². The largest absolute Gasteiger partial charge is 0.484 e. The van der Waals surface area contributed by atoms with Gasteiger partial charge in [0.2, 0.25) is 0 Å². The van der Waals surface area contributed by atoms with Crippen molar-refractivity contribution in [2.75, 3.05) is 32.1 Å². The summed E-state index contributed by atoms with van der Waals surface area (Å²) in [6.45, 7) is 2.03. The maximum atomic E-state index is 11.0. The second-order valence-corrected chi connectivity index (χ2v) is 3.99. The molecular formula is C12H17N3O2. The third-order valence-corrected chi connectivity index (χ3v) is 2.64. The van der Waals surface area contributed by atoms with Crippen LogP contribution in [0.5, 0.6) is 5.75 Å². The molecule has 0 bridgehead atoms. The number of carbonyl (C=O) groups excluding carboxylic acids is 1. The van der Waals surface area contributed by atoms with Crippen LogP contribution in [0.2, 0.25) is 0 Å². The van der Waals surface area contributed by atoms with Crippen molar-refractivity contribution in [3.63, 3.8) is 0 Å². The lowest BCUT2D eigenvalue weighted by Crippen LogP contribution is -2.51. The summed E-state index contributed by atoms with van der Waals surface area (Å²) in [5.41, 5.74) is 1.02. The molecule has 0 aromatic heterocycles. The molecule has 2 rings (SSSR count). The predicted octanol–water partition coefficient (Wildman–Crippen LogP) is 0.195. The molecule has 1 aromatic rings. The van der Waals surface area contributed by atoms with E-state index >= 15 is 0 Å². The normalized spacial score (nSPS) is 14.9. The van der Waals surface area contributed by atoms with Crippen molar-refractivity contribution in [1.82, 2.24) is 10.6 Å². The van der Waals surface area contributed by atoms with Crippen molar-refractivity contribution in [2.45, 2.75) is 6.04 Å². The van der Waals surface area contributed by atoms with Gasteiger partial charge < -0.3 is 20.7 Å². The quantitative estimate of drug-likeness (QED) is 0.682. The third kappa shape index (κ3) is 3.35. The molecule has 0 saturated carbocycles. The van der Waals surface area contributed by atoms with Gasteiger partial charge in [0.1, 0.15) is 5.75 Å². The second kappa shape index (κ2) is 5.54. The molecule has 1 fully saturated rings. The van der Waals surface area contributed by atoms with Crippen molar-refractivity contribution in [2.24, 2.45) is 0 Å². The van der Waals surface area contributed by atoms with Crippen molar-refractivity contribution < 1.29 is 9.53 Å². The molecule has 1 aliphatic heterocycles. The highest BCUT2D eigenvalue weighted by molar-refractivity contribution is 5.77. The van der Waals surface area contributed by atoms with Crippen LogP contribution < -0.4 is 20.7 Å². The Morgan fingerprint density at radius 3 is 3.00 bits per heavy atom. The van der Waals surface area contributed by atoms with E-state index < -0.39 is 0 Å². The second-order valence-electron chi connectivity index (χ2n) is 3.99. The number of nitrogens with one attached hydrogen (secondary N) is 3. The summed E-state index contributed by atoms with van der Waals surface area (Å²) in [5.74, 6) is 0.567. The summed E-state index contributed by atoms with van der Waals surface area (Å²) in [6.07, 6.45) is 0. The number of anilines is 1. The smallest absolute Gasteiger partial charge is 0.257 e. The molecule has 0 unspecified atom stereocenters. The van der Waals surface area contributed by atoms with Gasteiger partial charge in [-0.1, -0.05) is 6.07 Å². The fraction of sp³-hybridized carbons (Fsp3) is 0.417. The van der Waals surface area contributed by atoms with Crippen molar-refractivity contribution in [1.29, 1.82) is 0 Å². The Morgan fingerprint density at radius 2 is 2.35 bits per heavy atom. The van der Waals surface area contributed by atoms with Crippen LogP contribution in [0.4, 0.5) is 5.69 Å². The summed E-state index contributed by atoms with van der Waals surface area (Å²) in [6, 6.07) is 8.14. The molecule has 1 heterocycles. The van der Waals surface area contributed by atoms with Gasteiger partial charge in [-0.15, -0.1) is 0 Å². The van der Waals surface area contributed by atoms with Crippen molar-refractivity contribution in [3.8, 4) is 5.75 Å². The predicted molar refractivity (Wildman–Crippen MR) is 66.3 cm³/mol. The molecule has 0 aliphatic carbocycles. The minimum Gasteiger partial charge on any atom is -0.484 e. The van der Waals surface area contributed by atoms with Crippen LogP contribution >= 0.6 is 0 Å². The van der Waals surface area contributed by atoms with Gasteiger partial charge in [-0.2, -0.15) is 0 Å². The highest BCUT2D eigenvalue weighted by Gasteiger charge is 2.15. The Balaban J connectivity index is 1.88. The number of ether oxygens (including phenoxy) is 1. The molecule has 1 amide bonds. The molecule has 5 nitrogen and oxygen atoms in total. The van der Waals surface area contributed by atoms with Gasteiger partial charge >= 0.3 is 0 Å². The van der Waals surface area contributed by atoms with Gasteiger partial charge in [-0.25, -0.2) is 0 Å². The molecule has 92 valence electrons. The standard InChI is InChI=1S/C12H17N3O2/c1-13-12(16)8-17-11-4-2-3-9(5-11)15-10-6-14-7-10/h2-5,10,14-15H,6-8H2,1H3,(H,13,16). The summed E-state index contributed by atoms with van der Waals surface area (Å²) in [4.78, 5) is 11.0. The number of hydrogen-bond acceptors (Lipinski definition) is 4. The van der Waals surface area contributed by atoms with Crippen LogP contribution in [0.1, 0.15) is 0 Å². The van der Waals surface area contributed by atoms with Gasteiger partial charge in [0.25, 0.3) is 5.91 Å². The van der Waals surface area contributed by atoms with Gasteiger partial charge in [-0.3, -0.25) is 4.79 Å². The third-order valence-electron chi connectivity index (χ3n) is 2.64. The van der Waals surface area contributed by atoms with E-state index in [1.165, 1.54) is 0 Å². The Hall–Kier alpha value is -1.75. The van der Waals surface area contributed by atoms with E-state index in [0.717, 1.165) is 18.8 Å². The van der Waals surface area contributed by atoms with Gasteiger partial charge in [0, 0.05) is 31.9 Å². The topological polar surface area (TPSA) is 62.4 Å². The number of amides is 1. The Bertz CT molecular complexity index is 391. The molecule has 0 spiro atoms. The van der Waals surface area contributed by atoms with E-state index in [0.29, 0.717) is 11.8 Å². The number of hydrogen-bond donors (Lipinski definition) is 3.